The summed E-state index contributed by atoms with van der Waals surface area (Å²) in [5.41, 5.74) is 7.90. The summed E-state index contributed by atoms with van der Waals surface area (Å²) in [4.78, 5) is 8.88. The Morgan fingerprint density at radius 1 is 1.00 bits per heavy atom. The number of benzene rings is 2. The molecule has 102 valence electrons. The summed E-state index contributed by atoms with van der Waals surface area (Å²) < 4.78 is 0. The minimum atomic E-state index is 0. The maximum absolute atomic E-state index is 5.97. The van der Waals surface area contributed by atoms with E-state index in [1.165, 1.54) is 0 Å². The van der Waals surface area contributed by atoms with Crippen molar-refractivity contribution in [2.45, 2.75) is 6.42 Å². The quantitative estimate of drug-likeness (QED) is 0.781. The van der Waals surface area contributed by atoms with Gasteiger partial charge in [-0.05, 0) is 29.8 Å². The molecule has 0 aliphatic heterocycles. The van der Waals surface area contributed by atoms with Crippen molar-refractivity contribution in [3.8, 4) is 0 Å². The predicted octanol–water partition coefficient (Wildman–Crippen LogP) is 3.88. The Morgan fingerprint density at radius 3 is 2.60 bits per heavy atom. The molecule has 1 heterocycles. The molecule has 0 aliphatic rings. The molecule has 0 spiro atoms. The Kier molecular flexibility index (Phi) is 4.42. The van der Waals surface area contributed by atoms with Crippen molar-refractivity contribution < 1.29 is 0 Å². The maximum atomic E-state index is 5.97. The first-order valence-corrected chi connectivity index (χ1v) is 6.36. The number of hydrogen-bond donors (Lipinski definition) is 1. The third-order valence-electron chi connectivity index (χ3n) is 2.93. The van der Waals surface area contributed by atoms with Gasteiger partial charge in [0.25, 0.3) is 0 Å². The van der Waals surface area contributed by atoms with Gasteiger partial charge >= 0.3 is 0 Å². The summed E-state index contributed by atoms with van der Waals surface area (Å²) in [5.74, 6) is 1.22. The molecule has 3 rings (SSSR count). The Morgan fingerprint density at radius 2 is 1.80 bits per heavy atom. The molecule has 0 saturated carbocycles. The molecular formula is C15H13Cl2N3. The molecule has 20 heavy (non-hydrogen) atoms. The van der Waals surface area contributed by atoms with Crippen LogP contribution in [0.4, 0.5) is 5.82 Å². The van der Waals surface area contributed by atoms with Gasteiger partial charge in [0.1, 0.15) is 11.6 Å². The number of halogens is 2. The first kappa shape index (κ1) is 14.6. The van der Waals surface area contributed by atoms with Gasteiger partial charge in [-0.15, -0.1) is 12.4 Å². The first-order valence-electron chi connectivity index (χ1n) is 5.98. The van der Waals surface area contributed by atoms with Crippen molar-refractivity contribution in [3.63, 3.8) is 0 Å². The highest BCUT2D eigenvalue weighted by molar-refractivity contribution is 6.30. The second kappa shape index (κ2) is 6.07. The lowest BCUT2D eigenvalue weighted by Gasteiger charge is -2.05. The van der Waals surface area contributed by atoms with Crippen LogP contribution in [0.2, 0.25) is 5.02 Å². The van der Waals surface area contributed by atoms with E-state index in [0.717, 1.165) is 16.5 Å². The zero-order valence-corrected chi connectivity index (χ0v) is 12.2. The van der Waals surface area contributed by atoms with Gasteiger partial charge in [0.05, 0.1) is 5.52 Å². The van der Waals surface area contributed by atoms with E-state index >= 15 is 0 Å². The molecule has 3 aromatic rings. The molecule has 0 atom stereocenters. The normalized spacial score (nSPS) is 10.2. The highest BCUT2D eigenvalue weighted by Gasteiger charge is 2.05. The van der Waals surface area contributed by atoms with Crippen molar-refractivity contribution in [3.05, 3.63) is 64.9 Å². The van der Waals surface area contributed by atoms with Crippen molar-refractivity contribution >= 4 is 40.7 Å². The van der Waals surface area contributed by atoms with Crippen LogP contribution in [0, 0.1) is 0 Å². The van der Waals surface area contributed by atoms with Gasteiger partial charge in [-0.25, -0.2) is 9.97 Å². The van der Waals surface area contributed by atoms with Crippen LogP contribution in [0.15, 0.2) is 48.5 Å². The molecule has 0 aliphatic carbocycles. The van der Waals surface area contributed by atoms with E-state index in [0.29, 0.717) is 23.1 Å². The molecule has 0 unspecified atom stereocenters. The van der Waals surface area contributed by atoms with Crippen LogP contribution in [0.25, 0.3) is 10.9 Å². The predicted molar refractivity (Wildman–Crippen MR) is 85.5 cm³/mol. The van der Waals surface area contributed by atoms with Crippen LogP contribution < -0.4 is 5.73 Å². The fraction of sp³-hybridized carbons (Fsp3) is 0.0667. The van der Waals surface area contributed by atoms with Gasteiger partial charge in [0.2, 0.25) is 0 Å². The lowest BCUT2D eigenvalue weighted by atomic mass is 10.1. The van der Waals surface area contributed by atoms with Gasteiger partial charge < -0.3 is 5.73 Å². The van der Waals surface area contributed by atoms with Gasteiger partial charge in [-0.1, -0.05) is 35.9 Å². The third-order valence-corrected chi connectivity index (χ3v) is 3.17. The molecule has 0 radical (unpaired) electrons. The van der Waals surface area contributed by atoms with Crippen LogP contribution in [0.3, 0.4) is 0 Å². The SMILES string of the molecule is Cl.Nc1nc(Cc2cccc(Cl)c2)nc2ccccc12. The number of aromatic nitrogens is 2. The maximum Gasteiger partial charge on any atom is 0.135 e. The smallest absolute Gasteiger partial charge is 0.135 e. The summed E-state index contributed by atoms with van der Waals surface area (Å²) in [5, 5.41) is 1.60. The summed E-state index contributed by atoms with van der Waals surface area (Å²) >= 11 is 5.97. The van der Waals surface area contributed by atoms with Crippen molar-refractivity contribution in [2.75, 3.05) is 5.73 Å². The summed E-state index contributed by atoms with van der Waals surface area (Å²) in [7, 11) is 0. The van der Waals surface area contributed by atoms with Crippen molar-refractivity contribution in [2.24, 2.45) is 0 Å². The zero-order chi connectivity index (χ0) is 13.2. The monoisotopic (exact) mass is 305 g/mol. The summed E-state index contributed by atoms with van der Waals surface area (Å²) in [6, 6.07) is 15.4. The number of nitrogens with zero attached hydrogens (tertiary/aromatic N) is 2. The average Bonchev–Trinajstić information content (AvgIpc) is 2.39. The minimum Gasteiger partial charge on any atom is -0.383 e. The largest absolute Gasteiger partial charge is 0.383 e. The topological polar surface area (TPSA) is 51.8 Å². The lowest BCUT2D eigenvalue weighted by molar-refractivity contribution is 0.998. The van der Waals surface area contributed by atoms with Crippen molar-refractivity contribution in [1.82, 2.24) is 9.97 Å². The minimum absolute atomic E-state index is 0. The molecule has 2 N–H and O–H groups in total. The Bertz CT molecular complexity index is 744. The van der Waals surface area contributed by atoms with Gasteiger partial charge in [-0.3, -0.25) is 0 Å². The second-order valence-electron chi connectivity index (χ2n) is 4.35. The van der Waals surface area contributed by atoms with Gasteiger partial charge in [-0.2, -0.15) is 0 Å². The molecule has 0 bridgehead atoms. The number of para-hydroxylation sites is 1. The number of nitrogen functional groups attached to an aromatic ring is 1. The van der Waals surface area contributed by atoms with E-state index in [4.69, 9.17) is 17.3 Å². The standard InChI is InChI=1S/C15H12ClN3.ClH/c16-11-5-3-4-10(8-11)9-14-18-13-7-2-1-6-12(13)15(17)19-14;/h1-8H,9H2,(H2,17,18,19);1H. The first-order chi connectivity index (χ1) is 9.22. The van der Waals surface area contributed by atoms with Crippen LogP contribution in [0.5, 0.6) is 0 Å². The highest BCUT2D eigenvalue weighted by atomic mass is 35.5. The van der Waals surface area contributed by atoms with Crippen molar-refractivity contribution in [1.29, 1.82) is 0 Å². The Hall–Kier alpha value is -1.84. The highest BCUT2D eigenvalue weighted by Crippen LogP contribution is 2.19. The van der Waals surface area contributed by atoms with E-state index in [-0.39, 0.29) is 12.4 Å². The zero-order valence-electron chi connectivity index (χ0n) is 10.6. The van der Waals surface area contributed by atoms with Crippen LogP contribution in [-0.4, -0.2) is 9.97 Å². The van der Waals surface area contributed by atoms with E-state index in [1.807, 2.05) is 48.5 Å². The number of fused-ring (bicyclic) bond motifs is 1. The second-order valence-corrected chi connectivity index (χ2v) is 4.79. The van der Waals surface area contributed by atoms with Crippen LogP contribution >= 0.6 is 24.0 Å². The van der Waals surface area contributed by atoms with Crippen LogP contribution in [0.1, 0.15) is 11.4 Å². The summed E-state index contributed by atoms with van der Waals surface area (Å²) in [6.45, 7) is 0. The van der Waals surface area contributed by atoms with Crippen LogP contribution in [-0.2, 0) is 6.42 Å². The molecule has 1 aromatic heterocycles. The third kappa shape index (κ3) is 3.00. The molecular weight excluding hydrogens is 293 g/mol. The number of rotatable bonds is 2. The lowest BCUT2D eigenvalue weighted by Crippen LogP contribution is -2.01. The Balaban J connectivity index is 0.00000147. The van der Waals surface area contributed by atoms with E-state index < -0.39 is 0 Å². The molecule has 3 nitrogen and oxygen atoms in total. The molecule has 5 heteroatoms. The van der Waals surface area contributed by atoms with Gasteiger partial charge in [0.15, 0.2) is 0 Å². The average molecular weight is 306 g/mol. The fourth-order valence-corrected chi connectivity index (χ4v) is 2.27. The molecule has 0 saturated heterocycles. The number of hydrogen-bond acceptors (Lipinski definition) is 3. The van der Waals surface area contributed by atoms with E-state index in [9.17, 15) is 0 Å². The molecule has 2 aromatic carbocycles. The molecule has 0 fully saturated rings. The van der Waals surface area contributed by atoms with E-state index in [1.54, 1.807) is 0 Å². The van der Waals surface area contributed by atoms with Gasteiger partial charge in [0, 0.05) is 16.8 Å². The Labute approximate surface area is 128 Å². The number of nitrogens with two attached hydrogens (primary N) is 1. The summed E-state index contributed by atoms with van der Waals surface area (Å²) in [6.07, 6.45) is 0.621. The fourth-order valence-electron chi connectivity index (χ4n) is 2.06. The van der Waals surface area contributed by atoms with E-state index in [2.05, 4.69) is 9.97 Å². The number of anilines is 1. The molecule has 0 amide bonds.